The molecular weight excluding hydrogens is 312 g/mol. The lowest BCUT2D eigenvalue weighted by Gasteiger charge is -2.11. The first kappa shape index (κ1) is 15.1. The van der Waals surface area contributed by atoms with E-state index in [0.717, 1.165) is 27.8 Å². The van der Waals surface area contributed by atoms with Crippen LogP contribution in [0.2, 0.25) is 0 Å². The largest absolute Gasteiger partial charge is 0.508 e. The number of aromatic hydroxyl groups is 1. The van der Waals surface area contributed by atoms with Gasteiger partial charge in [-0.1, -0.05) is 30.3 Å². The van der Waals surface area contributed by atoms with Gasteiger partial charge in [0.05, 0.1) is 5.69 Å². The second kappa shape index (κ2) is 6.57. The van der Waals surface area contributed by atoms with E-state index in [0.29, 0.717) is 12.2 Å². The van der Waals surface area contributed by atoms with Crippen molar-refractivity contribution in [2.75, 3.05) is 5.32 Å². The first-order valence-corrected chi connectivity index (χ1v) is 8.00. The minimum absolute atomic E-state index is 0.229. The summed E-state index contributed by atoms with van der Waals surface area (Å²) < 4.78 is 0. The van der Waals surface area contributed by atoms with Gasteiger partial charge in [0.15, 0.2) is 5.82 Å². The lowest BCUT2D eigenvalue weighted by molar-refractivity contribution is 0.475. The third-order valence-electron chi connectivity index (χ3n) is 3.97. The van der Waals surface area contributed by atoms with Crippen molar-refractivity contribution >= 4 is 22.3 Å². The molecule has 0 atom stereocenters. The molecule has 0 saturated heterocycles. The summed E-state index contributed by atoms with van der Waals surface area (Å²) in [5, 5.41) is 23.5. The maximum absolute atomic E-state index is 9.41. The smallest absolute Gasteiger partial charge is 0.160 e. The maximum Gasteiger partial charge on any atom is 0.160 e. The molecule has 25 heavy (non-hydrogen) atoms. The summed E-state index contributed by atoms with van der Waals surface area (Å²) in [6, 6.07) is 20.8. The Balaban J connectivity index is 1.72. The predicted molar refractivity (Wildman–Crippen MR) is 98.0 cm³/mol. The molecule has 0 aliphatic heterocycles. The highest BCUT2D eigenvalue weighted by molar-refractivity contribution is 5.94. The van der Waals surface area contributed by atoms with Gasteiger partial charge in [0.2, 0.25) is 0 Å². The van der Waals surface area contributed by atoms with E-state index in [-0.39, 0.29) is 5.75 Å². The van der Waals surface area contributed by atoms with Gasteiger partial charge in [-0.2, -0.15) is 5.10 Å². The van der Waals surface area contributed by atoms with Crippen molar-refractivity contribution in [1.29, 1.82) is 0 Å². The Kier molecular flexibility index (Phi) is 3.96. The SMILES string of the molecule is Oc1ccc(Nc2nnc(Cc3ccccn3)c3ccccc23)cc1. The third kappa shape index (κ3) is 3.26. The second-order valence-electron chi connectivity index (χ2n) is 5.71. The number of nitrogens with zero attached hydrogens (tertiary/aromatic N) is 3. The highest BCUT2D eigenvalue weighted by Crippen LogP contribution is 2.27. The van der Waals surface area contributed by atoms with E-state index < -0.39 is 0 Å². The standard InChI is InChI=1S/C20H16N4O/c25-16-10-8-14(9-11-16)22-20-18-7-2-1-6-17(18)19(23-24-20)13-15-5-3-4-12-21-15/h1-12,25H,13H2,(H,22,24). The van der Waals surface area contributed by atoms with Crippen LogP contribution >= 0.6 is 0 Å². The van der Waals surface area contributed by atoms with Gasteiger partial charge in [-0.3, -0.25) is 4.98 Å². The Morgan fingerprint density at radius 1 is 0.800 bits per heavy atom. The Hall–Kier alpha value is -3.47. The normalized spacial score (nSPS) is 10.7. The molecule has 4 rings (SSSR count). The molecule has 4 aromatic rings. The number of anilines is 2. The number of hydrogen-bond donors (Lipinski definition) is 2. The van der Waals surface area contributed by atoms with Gasteiger partial charge < -0.3 is 10.4 Å². The fourth-order valence-corrected chi connectivity index (χ4v) is 2.74. The van der Waals surface area contributed by atoms with Crippen molar-refractivity contribution in [2.45, 2.75) is 6.42 Å². The molecule has 5 heteroatoms. The average Bonchev–Trinajstić information content (AvgIpc) is 2.66. The summed E-state index contributed by atoms with van der Waals surface area (Å²) >= 11 is 0. The summed E-state index contributed by atoms with van der Waals surface area (Å²) in [6.07, 6.45) is 2.42. The predicted octanol–water partition coefficient (Wildman–Crippen LogP) is 4.06. The summed E-state index contributed by atoms with van der Waals surface area (Å²) in [4.78, 5) is 4.37. The number of hydrogen-bond acceptors (Lipinski definition) is 5. The van der Waals surface area contributed by atoms with Crippen LogP contribution in [0.25, 0.3) is 10.8 Å². The fourth-order valence-electron chi connectivity index (χ4n) is 2.74. The summed E-state index contributed by atoms with van der Waals surface area (Å²) in [7, 11) is 0. The van der Waals surface area contributed by atoms with Gasteiger partial charge in [0.25, 0.3) is 0 Å². The van der Waals surface area contributed by atoms with Crippen LogP contribution in [0.4, 0.5) is 11.5 Å². The molecule has 0 aliphatic rings. The Morgan fingerprint density at radius 3 is 2.32 bits per heavy atom. The Labute approximate surface area is 145 Å². The maximum atomic E-state index is 9.41. The van der Waals surface area contributed by atoms with Gasteiger partial charge >= 0.3 is 0 Å². The van der Waals surface area contributed by atoms with Gasteiger partial charge in [0, 0.05) is 34.8 Å². The van der Waals surface area contributed by atoms with E-state index >= 15 is 0 Å². The molecule has 122 valence electrons. The Bertz CT molecular complexity index is 1000. The van der Waals surface area contributed by atoms with Crippen molar-refractivity contribution in [3.8, 4) is 5.75 Å². The first-order chi connectivity index (χ1) is 12.3. The lowest BCUT2D eigenvalue weighted by Crippen LogP contribution is -2.02. The second-order valence-corrected chi connectivity index (χ2v) is 5.71. The van der Waals surface area contributed by atoms with Crippen LogP contribution in [0, 0.1) is 0 Å². The quantitative estimate of drug-likeness (QED) is 0.553. The molecule has 2 heterocycles. The number of phenols is 1. The number of rotatable bonds is 4. The molecule has 0 aliphatic carbocycles. The molecule has 5 nitrogen and oxygen atoms in total. The minimum atomic E-state index is 0.229. The molecule has 2 aromatic heterocycles. The van der Waals surface area contributed by atoms with Crippen LogP contribution in [0.5, 0.6) is 5.75 Å². The highest BCUT2D eigenvalue weighted by Gasteiger charge is 2.10. The molecule has 2 aromatic carbocycles. The molecule has 2 N–H and O–H groups in total. The van der Waals surface area contributed by atoms with Gasteiger partial charge in [0.1, 0.15) is 5.75 Å². The molecule has 0 bridgehead atoms. The number of pyridine rings is 1. The molecule has 0 amide bonds. The van der Waals surface area contributed by atoms with E-state index in [1.54, 1.807) is 30.5 Å². The third-order valence-corrected chi connectivity index (χ3v) is 3.97. The molecule has 0 radical (unpaired) electrons. The van der Waals surface area contributed by atoms with E-state index in [1.807, 2.05) is 42.5 Å². The molecule has 0 spiro atoms. The van der Waals surface area contributed by atoms with E-state index in [4.69, 9.17) is 0 Å². The zero-order valence-corrected chi connectivity index (χ0v) is 13.4. The van der Waals surface area contributed by atoms with Crippen LogP contribution in [-0.4, -0.2) is 20.3 Å². The average molecular weight is 328 g/mol. The monoisotopic (exact) mass is 328 g/mol. The summed E-state index contributed by atoms with van der Waals surface area (Å²) in [5.41, 5.74) is 2.70. The summed E-state index contributed by atoms with van der Waals surface area (Å²) in [6.45, 7) is 0. The van der Waals surface area contributed by atoms with Crippen LogP contribution in [0.15, 0.2) is 72.9 Å². The zero-order chi connectivity index (χ0) is 17.1. The van der Waals surface area contributed by atoms with E-state index in [9.17, 15) is 5.11 Å². The molecular formula is C20H16N4O. The van der Waals surface area contributed by atoms with Gasteiger partial charge in [-0.15, -0.1) is 5.10 Å². The van der Waals surface area contributed by atoms with Crippen LogP contribution in [0.3, 0.4) is 0 Å². The van der Waals surface area contributed by atoms with Crippen molar-refractivity contribution in [2.24, 2.45) is 0 Å². The molecule has 0 unspecified atom stereocenters. The molecule has 0 fully saturated rings. The van der Waals surface area contributed by atoms with E-state index in [2.05, 4.69) is 20.5 Å². The van der Waals surface area contributed by atoms with Crippen molar-refractivity contribution in [1.82, 2.24) is 15.2 Å². The highest BCUT2D eigenvalue weighted by atomic mass is 16.3. The Morgan fingerprint density at radius 2 is 1.56 bits per heavy atom. The van der Waals surface area contributed by atoms with Gasteiger partial charge in [-0.25, -0.2) is 0 Å². The molecule has 0 saturated carbocycles. The van der Waals surface area contributed by atoms with Crippen molar-refractivity contribution in [3.05, 3.63) is 84.3 Å². The van der Waals surface area contributed by atoms with Crippen LogP contribution < -0.4 is 5.32 Å². The fraction of sp³-hybridized carbons (Fsp3) is 0.0500. The number of fused-ring (bicyclic) bond motifs is 1. The zero-order valence-electron chi connectivity index (χ0n) is 13.4. The number of phenolic OH excluding ortho intramolecular Hbond substituents is 1. The van der Waals surface area contributed by atoms with Crippen LogP contribution in [0.1, 0.15) is 11.4 Å². The van der Waals surface area contributed by atoms with Crippen LogP contribution in [-0.2, 0) is 6.42 Å². The van der Waals surface area contributed by atoms with Crippen molar-refractivity contribution < 1.29 is 5.11 Å². The number of aromatic nitrogens is 3. The number of nitrogens with one attached hydrogen (secondary N) is 1. The number of benzene rings is 2. The first-order valence-electron chi connectivity index (χ1n) is 8.00. The lowest BCUT2D eigenvalue weighted by atomic mass is 10.1. The van der Waals surface area contributed by atoms with Crippen molar-refractivity contribution in [3.63, 3.8) is 0 Å². The van der Waals surface area contributed by atoms with E-state index in [1.165, 1.54) is 0 Å². The minimum Gasteiger partial charge on any atom is -0.508 e. The van der Waals surface area contributed by atoms with Gasteiger partial charge in [-0.05, 0) is 36.4 Å². The topological polar surface area (TPSA) is 70.9 Å². The summed E-state index contributed by atoms with van der Waals surface area (Å²) in [5.74, 6) is 0.915.